The molecule has 0 aromatic heterocycles. The SMILES string of the molecule is CC(C)(C)OC(=O)NCCCONC=O. The highest BCUT2D eigenvalue weighted by Crippen LogP contribution is 2.06. The van der Waals surface area contributed by atoms with Gasteiger partial charge in [0.25, 0.3) is 0 Å². The third kappa shape index (κ3) is 10.6. The first-order chi connectivity index (χ1) is 6.95. The van der Waals surface area contributed by atoms with Crippen LogP contribution in [0.25, 0.3) is 0 Å². The Morgan fingerprint density at radius 1 is 1.40 bits per heavy atom. The highest BCUT2D eigenvalue weighted by atomic mass is 16.6. The monoisotopic (exact) mass is 218 g/mol. The largest absolute Gasteiger partial charge is 0.444 e. The summed E-state index contributed by atoms with van der Waals surface area (Å²) in [6, 6.07) is 0. The van der Waals surface area contributed by atoms with Gasteiger partial charge in [0.15, 0.2) is 0 Å². The fourth-order valence-electron chi connectivity index (χ4n) is 0.742. The maximum absolute atomic E-state index is 11.1. The summed E-state index contributed by atoms with van der Waals surface area (Å²) in [5.74, 6) is 0. The number of nitrogens with one attached hydrogen (secondary N) is 2. The molecule has 0 atom stereocenters. The molecule has 6 heteroatoms. The first-order valence-electron chi connectivity index (χ1n) is 4.73. The first kappa shape index (κ1) is 13.7. The zero-order valence-corrected chi connectivity index (χ0v) is 9.33. The molecule has 0 unspecified atom stereocenters. The Kier molecular flexibility index (Phi) is 6.44. The average molecular weight is 218 g/mol. The number of hydrogen-bond donors (Lipinski definition) is 2. The van der Waals surface area contributed by atoms with Gasteiger partial charge in [0.1, 0.15) is 5.60 Å². The van der Waals surface area contributed by atoms with E-state index in [1.165, 1.54) is 0 Å². The van der Waals surface area contributed by atoms with Crippen molar-refractivity contribution >= 4 is 12.5 Å². The topological polar surface area (TPSA) is 76.7 Å². The summed E-state index contributed by atoms with van der Waals surface area (Å²) in [4.78, 5) is 25.5. The molecule has 2 N–H and O–H groups in total. The van der Waals surface area contributed by atoms with Crippen molar-refractivity contribution in [3.8, 4) is 0 Å². The van der Waals surface area contributed by atoms with Crippen molar-refractivity contribution in [1.82, 2.24) is 10.8 Å². The van der Waals surface area contributed by atoms with Crippen LogP contribution < -0.4 is 10.8 Å². The van der Waals surface area contributed by atoms with Gasteiger partial charge in [-0.1, -0.05) is 0 Å². The van der Waals surface area contributed by atoms with Crippen LogP contribution in [0.1, 0.15) is 27.2 Å². The molecule has 0 aromatic carbocycles. The quantitative estimate of drug-likeness (QED) is 0.388. The lowest BCUT2D eigenvalue weighted by molar-refractivity contribution is -0.120. The fourth-order valence-corrected chi connectivity index (χ4v) is 0.742. The van der Waals surface area contributed by atoms with Crippen LogP contribution in [0.4, 0.5) is 4.79 Å². The standard InChI is InChI=1S/C9H18N2O4/c1-9(2,3)15-8(13)10-5-4-6-14-11-7-12/h7H,4-6H2,1-3H3,(H,10,13)(H,11,12). The van der Waals surface area contributed by atoms with E-state index in [1.807, 2.05) is 0 Å². The van der Waals surface area contributed by atoms with E-state index in [4.69, 9.17) is 4.74 Å². The number of hydroxylamine groups is 1. The number of alkyl carbamates (subject to hydrolysis) is 1. The highest BCUT2D eigenvalue weighted by Gasteiger charge is 2.15. The third-order valence-electron chi connectivity index (χ3n) is 1.22. The molecule has 0 saturated heterocycles. The van der Waals surface area contributed by atoms with Crippen LogP contribution in [-0.4, -0.2) is 31.3 Å². The molecular weight excluding hydrogens is 200 g/mol. The summed E-state index contributed by atoms with van der Waals surface area (Å²) < 4.78 is 5.00. The molecule has 6 nitrogen and oxygen atoms in total. The Bertz CT molecular complexity index is 201. The lowest BCUT2D eigenvalue weighted by Crippen LogP contribution is -2.33. The lowest BCUT2D eigenvalue weighted by Gasteiger charge is -2.19. The van der Waals surface area contributed by atoms with E-state index < -0.39 is 11.7 Å². The van der Waals surface area contributed by atoms with Crippen LogP contribution in [-0.2, 0) is 14.4 Å². The smallest absolute Gasteiger partial charge is 0.407 e. The Balaban J connectivity index is 3.36. The van der Waals surface area contributed by atoms with Gasteiger partial charge in [0.2, 0.25) is 6.41 Å². The second kappa shape index (κ2) is 7.05. The van der Waals surface area contributed by atoms with Crippen molar-refractivity contribution in [2.75, 3.05) is 13.2 Å². The molecule has 0 bridgehead atoms. The Morgan fingerprint density at radius 2 is 2.07 bits per heavy atom. The minimum absolute atomic E-state index is 0.342. The van der Waals surface area contributed by atoms with Gasteiger partial charge < -0.3 is 10.1 Å². The summed E-state index contributed by atoms with van der Waals surface area (Å²) in [5.41, 5.74) is 1.56. The fraction of sp³-hybridized carbons (Fsp3) is 0.778. The highest BCUT2D eigenvalue weighted by molar-refractivity contribution is 5.67. The lowest BCUT2D eigenvalue weighted by atomic mass is 10.2. The Morgan fingerprint density at radius 3 is 2.60 bits per heavy atom. The first-order valence-corrected chi connectivity index (χ1v) is 4.73. The summed E-state index contributed by atoms with van der Waals surface area (Å²) in [7, 11) is 0. The van der Waals surface area contributed by atoms with Crippen LogP contribution in [0, 0.1) is 0 Å². The third-order valence-corrected chi connectivity index (χ3v) is 1.22. The molecule has 0 aliphatic carbocycles. The van der Waals surface area contributed by atoms with Crippen molar-refractivity contribution < 1.29 is 19.2 Å². The molecule has 0 saturated carbocycles. The molecule has 88 valence electrons. The summed E-state index contributed by atoms with van der Waals surface area (Å²) in [6.45, 7) is 6.17. The number of rotatable bonds is 6. The molecule has 0 aliphatic rings. The zero-order valence-electron chi connectivity index (χ0n) is 9.33. The maximum atomic E-state index is 11.1. The molecule has 0 aromatic rings. The van der Waals surface area contributed by atoms with Gasteiger partial charge in [-0.25, -0.2) is 10.3 Å². The minimum atomic E-state index is -0.486. The molecule has 2 amide bonds. The predicted octanol–water partition coefficient (Wildman–Crippen LogP) is 0.579. The van der Waals surface area contributed by atoms with E-state index in [-0.39, 0.29) is 0 Å². The van der Waals surface area contributed by atoms with Crippen LogP contribution in [0.5, 0.6) is 0 Å². The minimum Gasteiger partial charge on any atom is -0.444 e. The Labute approximate surface area is 89.3 Å². The molecule has 0 spiro atoms. The average Bonchev–Trinajstić information content (AvgIpc) is 2.08. The number of ether oxygens (including phenoxy) is 1. The molecule has 15 heavy (non-hydrogen) atoms. The van der Waals surface area contributed by atoms with Crippen molar-refractivity contribution in [3.05, 3.63) is 0 Å². The van der Waals surface area contributed by atoms with Gasteiger partial charge in [0.05, 0.1) is 6.61 Å². The summed E-state index contributed by atoms with van der Waals surface area (Å²) in [5, 5.41) is 2.56. The molecule has 0 aliphatic heterocycles. The van der Waals surface area contributed by atoms with E-state index in [1.54, 1.807) is 20.8 Å². The number of hydrogen-bond acceptors (Lipinski definition) is 4. The van der Waals surface area contributed by atoms with Gasteiger partial charge in [-0.3, -0.25) is 9.63 Å². The number of amides is 2. The van der Waals surface area contributed by atoms with Crippen LogP contribution in [0.2, 0.25) is 0 Å². The number of carbonyl (C=O) groups is 2. The normalized spacial score (nSPS) is 10.6. The van der Waals surface area contributed by atoms with Gasteiger partial charge in [0, 0.05) is 6.54 Å². The molecular formula is C9H18N2O4. The van der Waals surface area contributed by atoms with Crippen molar-refractivity contribution in [2.45, 2.75) is 32.8 Å². The predicted molar refractivity (Wildman–Crippen MR) is 54.0 cm³/mol. The molecule has 0 fully saturated rings. The van der Waals surface area contributed by atoms with Crippen LogP contribution in [0.15, 0.2) is 0 Å². The second-order valence-corrected chi connectivity index (χ2v) is 3.87. The van der Waals surface area contributed by atoms with Gasteiger partial charge in [-0.2, -0.15) is 0 Å². The molecule has 0 rings (SSSR count). The summed E-state index contributed by atoms with van der Waals surface area (Å²) >= 11 is 0. The maximum Gasteiger partial charge on any atom is 0.407 e. The van der Waals surface area contributed by atoms with Crippen molar-refractivity contribution in [1.29, 1.82) is 0 Å². The van der Waals surface area contributed by atoms with Gasteiger partial charge >= 0.3 is 6.09 Å². The number of carbonyl (C=O) groups excluding carboxylic acids is 2. The van der Waals surface area contributed by atoms with Crippen molar-refractivity contribution in [2.24, 2.45) is 0 Å². The molecule has 0 heterocycles. The van der Waals surface area contributed by atoms with E-state index in [2.05, 4.69) is 15.6 Å². The van der Waals surface area contributed by atoms with Crippen molar-refractivity contribution in [3.63, 3.8) is 0 Å². The van der Waals surface area contributed by atoms with Gasteiger partial charge in [-0.15, -0.1) is 0 Å². The van der Waals surface area contributed by atoms with Crippen LogP contribution in [0.3, 0.4) is 0 Å². The van der Waals surface area contributed by atoms with E-state index in [0.29, 0.717) is 26.0 Å². The van der Waals surface area contributed by atoms with E-state index in [0.717, 1.165) is 0 Å². The second-order valence-electron chi connectivity index (χ2n) is 3.87. The molecule has 0 radical (unpaired) electrons. The van der Waals surface area contributed by atoms with E-state index in [9.17, 15) is 9.59 Å². The summed E-state index contributed by atoms with van der Waals surface area (Å²) in [6.07, 6.45) is 0.590. The zero-order chi connectivity index (χ0) is 11.7. The van der Waals surface area contributed by atoms with E-state index >= 15 is 0 Å². The van der Waals surface area contributed by atoms with Gasteiger partial charge in [-0.05, 0) is 27.2 Å². The van der Waals surface area contributed by atoms with Crippen LogP contribution >= 0.6 is 0 Å². The Hall–Kier alpha value is -1.30.